The van der Waals surface area contributed by atoms with Crippen molar-refractivity contribution in [3.63, 3.8) is 0 Å². The largest absolute Gasteiger partial charge is 0.338 e. The predicted octanol–water partition coefficient (Wildman–Crippen LogP) is 3.70. The van der Waals surface area contributed by atoms with Crippen molar-refractivity contribution in [2.75, 3.05) is 18.4 Å². The monoisotopic (exact) mass is 352 g/mol. The third kappa shape index (κ3) is 3.75. The molecule has 0 spiro atoms. The topological polar surface area (TPSA) is 69.8 Å². The van der Waals surface area contributed by atoms with Crippen molar-refractivity contribution in [2.24, 2.45) is 5.92 Å². The number of aromatic nitrogens is 2. The Kier molecular flexibility index (Phi) is 4.67. The Morgan fingerprint density at radius 1 is 1.23 bits per heavy atom. The summed E-state index contributed by atoms with van der Waals surface area (Å²) in [5, 5.41) is 6.28. The highest BCUT2D eigenvalue weighted by Gasteiger charge is 2.16. The number of anilines is 1. The first-order valence-electron chi connectivity index (χ1n) is 8.94. The van der Waals surface area contributed by atoms with Gasteiger partial charge in [0.15, 0.2) is 0 Å². The van der Waals surface area contributed by atoms with Crippen LogP contribution in [-0.4, -0.2) is 29.0 Å². The fourth-order valence-corrected chi connectivity index (χ4v) is 3.35. The zero-order valence-electron chi connectivity index (χ0n) is 14.4. The standard InChI is InChI=1S/C20H21FN4O/c21-15-4-2-14(3-5-15)20-24-17-7-6-16(11-18(17)25-20)23-19(26)8-1-13-9-10-22-12-13/h2-7,11,13,22H,1,8-10,12H2,(H,23,26)(H,24,25). The molecule has 1 aliphatic rings. The number of H-pyrrole nitrogens is 1. The summed E-state index contributed by atoms with van der Waals surface area (Å²) >= 11 is 0. The molecule has 0 radical (unpaired) electrons. The first-order chi connectivity index (χ1) is 12.7. The van der Waals surface area contributed by atoms with Crippen LogP contribution in [0.2, 0.25) is 0 Å². The predicted molar refractivity (Wildman–Crippen MR) is 100 cm³/mol. The Bertz CT molecular complexity index is 913. The van der Waals surface area contributed by atoms with E-state index in [1.165, 1.54) is 12.1 Å². The molecule has 1 unspecified atom stereocenters. The van der Waals surface area contributed by atoms with Gasteiger partial charge in [0.2, 0.25) is 5.91 Å². The summed E-state index contributed by atoms with van der Waals surface area (Å²) in [5.41, 5.74) is 3.21. The van der Waals surface area contributed by atoms with E-state index >= 15 is 0 Å². The van der Waals surface area contributed by atoms with Crippen molar-refractivity contribution in [3.8, 4) is 11.4 Å². The zero-order valence-corrected chi connectivity index (χ0v) is 14.4. The van der Waals surface area contributed by atoms with E-state index in [0.717, 1.165) is 48.2 Å². The molecule has 4 rings (SSSR count). The van der Waals surface area contributed by atoms with E-state index in [9.17, 15) is 9.18 Å². The van der Waals surface area contributed by atoms with Gasteiger partial charge in [-0.2, -0.15) is 0 Å². The number of rotatable bonds is 5. The lowest BCUT2D eigenvalue weighted by molar-refractivity contribution is -0.116. The molecule has 5 nitrogen and oxygen atoms in total. The molecule has 1 amide bonds. The van der Waals surface area contributed by atoms with Gasteiger partial charge in [-0.25, -0.2) is 9.37 Å². The minimum absolute atomic E-state index is 0.0366. The number of imidazole rings is 1. The van der Waals surface area contributed by atoms with E-state index in [2.05, 4.69) is 20.6 Å². The first kappa shape index (κ1) is 16.7. The second-order valence-corrected chi connectivity index (χ2v) is 6.77. The summed E-state index contributed by atoms with van der Waals surface area (Å²) in [4.78, 5) is 19.9. The Morgan fingerprint density at radius 2 is 2.08 bits per heavy atom. The maximum absolute atomic E-state index is 13.1. The van der Waals surface area contributed by atoms with Gasteiger partial charge < -0.3 is 15.6 Å². The fraction of sp³-hybridized carbons (Fsp3) is 0.300. The molecule has 3 aromatic rings. The van der Waals surface area contributed by atoms with Crippen LogP contribution in [0.4, 0.5) is 10.1 Å². The molecule has 2 aromatic carbocycles. The molecule has 1 aromatic heterocycles. The highest BCUT2D eigenvalue weighted by Crippen LogP contribution is 2.23. The number of aromatic amines is 1. The summed E-state index contributed by atoms with van der Waals surface area (Å²) in [5.74, 6) is 1.05. The number of hydrogen-bond donors (Lipinski definition) is 3. The van der Waals surface area contributed by atoms with Gasteiger partial charge in [-0.05, 0) is 74.3 Å². The average molecular weight is 352 g/mol. The minimum atomic E-state index is -0.275. The number of carbonyl (C=O) groups is 1. The van der Waals surface area contributed by atoms with E-state index in [4.69, 9.17) is 0 Å². The van der Waals surface area contributed by atoms with Gasteiger partial charge in [0.05, 0.1) is 11.0 Å². The molecule has 6 heteroatoms. The molecule has 0 bridgehead atoms. The molecule has 0 saturated carbocycles. The normalized spacial score (nSPS) is 16.9. The average Bonchev–Trinajstić information content (AvgIpc) is 3.30. The third-order valence-corrected chi connectivity index (χ3v) is 4.83. The lowest BCUT2D eigenvalue weighted by Gasteiger charge is -2.08. The van der Waals surface area contributed by atoms with E-state index in [1.54, 1.807) is 12.1 Å². The Morgan fingerprint density at radius 3 is 2.85 bits per heavy atom. The van der Waals surface area contributed by atoms with E-state index in [-0.39, 0.29) is 11.7 Å². The summed E-state index contributed by atoms with van der Waals surface area (Å²) in [6.45, 7) is 2.07. The van der Waals surface area contributed by atoms with Crippen molar-refractivity contribution in [1.29, 1.82) is 0 Å². The van der Waals surface area contributed by atoms with Crippen molar-refractivity contribution < 1.29 is 9.18 Å². The van der Waals surface area contributed by atoms with Gasteiger partial charge in [0, 0.05) is 17.7 Å². The molecule has 2 heterocycles. The lowest BCUT2D eigenvalue weighted by atomic mass is 10.0. The highest BCUT2D eigenvalue weighted by molar-refractivity contribution is 5.93. The van der Waals surface area contributed by atoms with Crippen LogP contribution in [0.5, 0.6) is 0 Å². The molecular formula is C20H21FN4O. The second-order valence-electron chi connectivity index (χ2n) is 6.77. The van der Waals surface area contributed by atoms with Gasteiger partial charge in [0.1, 0.15) is 11.6 Å². The van der Waals surface area contributed by atoms with Crippen LogP contribution in [-0.2, 0) is 4.79 Å². The summed E-state index contributed by atoms with van der Waals surface area (Å²) in [6.07, 6.45) is 2.60. The third-order valence-electron chi connectivity index (χ3n) is 4.83. The number of amides is 1. The zero-order chi connectivity index (χ0) is 17.9. The molecular weight excluding hydrogens is 331 g/mol. The molecule has 1 saturated heterocycles. The van der Waals surface area contributed by atoms with Crippen LogP contribution >= 0.6 is 0 Å². The summed E-state index contributed by atoms with van der Waals surface area (Å²) < 4.78 is 13.1. The number of hydrogen-bond acceptors (Lipinski definition) is 3. The van der Waals surface area contributed by atoms with Gasteiger partial charge >= 0.3 is 0 Å². The molecule has 1 fully saturated rings. The fourth-order valence-electron chi connectivity index (χ4n) is 3.35. The second kappa shape index (κ2) is 7.25. The van der Waals surface area contributed by atoms with Crippen molar-refractivity contribution in [3.05, 3.63) is 48.3 Å². The van der Waals surface area contributed by atoms with Crippen molar-refractivity contribution >= 4 is 22.6 Å². The number of halogens is 1. The van der Waals surface area contributed by atoms with Gasteiger partial charge in [-0.15, -0.1) is 0 Å². The Labute approximate surface area is 151 Å². The smallest absolute Gasteiger partial charge is 0.224 e. The van der Waals surface area contributed by atoms with E-state index in [1.807, 2.05) is 18.2 Å². The Hall–Kier alpha value is -2.73. The van der Waals surface area contributed by atoms with Crippen LogP contribution in [0.25, 0.3) is 22.4 Å². The molecule has 3 N–H and O–H groups in total. The van der Waals surface area contributed by atoms with Crippen LogP contribution in [0.15, 0.2) is 42.5 Å². The van der Waals surface area contributed by atoms with Gasteiger partial charge in [-0.1, -0.05) is 0 Å². The molecule has 26 heavy (non-hydrogen) atoms. The number of carbonyl (C=O) groups excluding carboxylic acids is 1. The first-order valence-corrected chi connectivity index (χ1v) is 8.94. The van der Waals surface area contributed by atoms with Crippen molar-refractivity contribution in [2.45, 2.75) is 19.3 Å². The molecule has 1 aliphatic heterocycles. The quantitative estimate of drug-likeness (QED) is 0.656. The van der Waals surface area contributed by atoms with Gasteiger partial charge in [0.25, 0.3) is 0 Å². The number of benzene rings is 2. The maximum atomic E-state index is 13.1. The molecule has 1 atom stereocenters. The van der Waals surface area contributed by atoms with E-state index in [0.29, 0.717) is 18.2 Å². The highest BCUT2D eigenvalue weighted by atomic mass is 19.1. The van der Waals surface area contributed by atoms with Crippen LogP contribution in [0.1, 0.15) is 19.3 Å². The molecule has 134 valence electrons. The van der Waals surface area contributed by atoms with Crippen LogP contribution in [0.3, 0.4) is 0 Å². The molecule has 0 aliphatic carbocycles. The summed E-state index contributed by atoms with van der Waals surface area (Å²) in [7, 11) is 0. The Balaban J connectivity index is 1.45. The lowest BCUT2D eigenvalue weighted by Crippen LogP contribution is -2.14. The number of fused-ring (bicyclic) bond motifs is 1. The van der Waals surface area contributed by atoms with Gasteiger partial charge in [-0.3, -0.25) is 4.79 Å². The van der Waals surface area contributed by atoms with Crippen LogP contribution in [0, 0.1) is 11.7 Å². The SMILES string of the molecule is O=C(CCC1CCNC1)Nc1ccc2nc(-c3ccc(F)cc3)[nH]c2c1. The van der Waals surface area contributed by atoms with E-state index < -0.39 is 0 Å². The number of nitrogens with zero attached hydrogens (tertiary/aromatic N) is 1. The maximum Gasteiger partial charge on any atom is 0.224 e. The van der Waals surface area contributed by atoms with Crippen molar-refractivity contribution in [1.82, 2.24) is 15.3 Å². The van der Waals surface area contributed by atoms with Crippen LogP contribution < -0.4 is 10.6 Å². The minimum Gasteiger partial charge on any atom is -0.338 e. The number of nitrogens with one attached hydrogen (secondary N) is 3. The summed E-state index contributed by atoms with van der Waals surface area (Å²) in [6, 6.07) is 11.8.